The third-order valence-electron chi connectivity index (χ3n) is 2.67. The SMILES string of the molecule is C1=CC(OC2CCCCO2)CCC1. The van der Waals surface area contributed by atoms with Crippen molar-refractivity contribution in [1.82, 2.24) is 0 Å². The average Bonchev–Trinajstić information content (AvgIpc) is 2.21. The Kier molecular flexibility index (Phi) is 3.39. The lowest BCUT2D eigenvalue weighted by Gasteiger charge is -2.27. The Hall–Kier alpha value is -0.340. The molecule has 74 valence electrons. The number of allylic oxidation sites excluding steroid dienone is 1. The Bertz CT molecular complexity index is 171. The summed E-state index contributed by atoms with van der Waals surface area (Å²) in [7, 11) is 0. The molecule has 0 radical (unpaired) electrons. The van der Waals surface area contributed by atoms with Gasteiger partial charge >= 0.3 is 0 Å². The Morgan fingerprint density at radius 3 is 2.85 bits per heavy atom. The molecule has 2 atom stereocenters. The first-order chi connectivity index (χ1) is 6.45. The van der Waals surface area contributed by atoms with Crippen LogP contribution in [0.1, 0.15) is 38.5 Å². The van der Waals surface area contributed by atoms with Crippen LogP contribution in [0.4, 0.5) is 0 Å². The van der Waals surface area contributed by atoms with Crippen LogP contribution in [0.3, 0.4) is 0 Å². The maximum Gasteiger partial charge on any atom is 0.158 e. The van der Waals surface area contributed by atoms with Gasteiger partial charge in [-0.3, -0.25) is 0 Å². The minimum atomic E-state index is 0.0708. The van der Waals surface area contributed by atoms with E-state index >= 15 is 0 Å². The van der Waals surface area contributed by atoms with Crippen LogP contribution in [0.2, 0.25) is 0 Å². The van der Waals surface area contributed by atoms with Crippen molar-refractivity contribution in [2.75, 3.05) is 6.61 Å². The second-order valence-corrected chi connectivity index (χ2v) is 3.83. The van der Waals surface area contributed by atoms with Crippen LogP contribution < -0.4 is 0 Å². The number of hydrogen-bond donors (Lipinski definition) is 0. The summed E-state index contributed by atoms with van der Waals surface area (Å²) in [5.74, 6) is 0. The molecular weight excluding hydrogens is 164 g/mol. The molecule has 0 saturated carbocycles. The van der Waals surface area contributed by atoms with E-state index in [0.717, 1.165) is 19.4 Å². The summed E-state index contributed by atoms with van der Waals surface area (Å²) < 4.78 is 11.3. The topological polar surface area (TPSA) is 18.5 Å². The van der Waals surface area contributed by atoms with E-state index in [2.05, 4.69) is 12.2 Å². The molecule has 0 N–H and O–H groups in total. The molecule has 0 amide bonds. The summed E-state index contributed by atoms with van der Waals surface area (Å²) >= 11 is 0. The second-order valence-electron chi connectivity index (χ2n) is 3.83. The molecule has 2 unspecified atom stereocenters. The molecule has 2 nitrogen and oxygen atoms in total. The standard InChI is InChI=1S/C11H18O2/c1-2-6-10(7-3-1)13-11-8-4-5-9-12-11/h2,6,10-11H,1,3-5,7-9H2. The van der Waals surface area contributed by atoms with Crippen molar-refractivity contribution in [1.29, 1.82) is 0 Å². The largest absolute Gasteiger partial charge is 0.353 e. The predicted octanol–water partition coefficient (Wildman–Crippen LogP) is 2.64. The normalized spacial score (nSPS) is 34.8. The van der Waals surface area contributed by atoms with Gasteiger partial charge in [-0.05, 0) is 38.5 Å². The Morgan fingerprint density at radius 1 is 1.15 bits per heavy atom. The minimum absolute atomic E-state index is 0.0708. The van der Waals surface area contributed by atoms with Crippen LogP contribution in [0, 0.1) is 0 Å². The maximum absolute atomic E-state index is 5.82. The lowest BCUT2D eigenvalue weighted by Crippen LogP contribution is -2.27. The maximum atomic E-state index is 5.82. The quantitative estimate of drug-likeness (QED) is 0.611. The smallest absolute Gasteiger partial charge is 0.158 e. The van der Waals surface area contributed by atoms with E-state index in [9.17, 15) is 0 Å². The summed E-state index contributed by atoms with van der Waals surface area (Å²) in [5.41, 5.74) is 0. The van der Waals surface area contributed by atoms with Gasteiger partial charge in [0, 0.05) is 6.61 Å². The first-order valence-electron chi connectivity index (χ1n) is 5.39. The van der Waals surface area contributed by atoms with Crippen molar-refractivity contribution in [3.05, 3.63) is 12.2 Å². The molecule has 13 heavy (non-hydrogen) atoms. The monoisotopic (exact) mass is 182 g/mol. The zero-order valence-electron chi connectivity index (χ0n) is 8.08. The van der Waals surface area contributed by atoms with Gasteiger partial charge in [0.05, 0.1) is 6.10 Å². The van der Waals surface area contributed by atoms with Crippen molar-refractivity contribution >= 4 is 0 Å². The molecule has 0 spiro atoms. The zero-order chi connectivity index (χ0) is 8.93. The van der Waals surface area contributed by atoms with E-state index in [0.29, 0.717) is 6.10 Å². The van der Waals surface area contributed by atoms with E-state index < -0.39 is 0 Å². The summed E-state index contributed by atoms with van der Waals surface area (Å²) in [5, 5.41) is 0. The summed E-state index contributed by atoms with van der Waals surface area (Å²) in [6.45, 7) is 0.876. The van der Waals surface area contributed by atoms with Crippen LogP contribution >= 0.6 is 0 Å². The molecule has 1 heterocycles. The number of hydrogen-bond acceptors (Lipinski definition) is 2. The van der Waals surface area contributed by atoms with Crippen LogP contribution in [-0.4, -0.2) is 19.0 Å². The third kappa shape index (κ3) is 2.82. The summed E-state index contributed by atoms with van der Waals surface area (Å²) in [6, 6.07) is 0. The minimum Gasteiger partial charge on any atom is -0.353 e. The molecule has 2 rings (SSSR count). The van der Waals surface area contributed by atoms with Gasteiger partial charge in [-0.2, -0.15) is 0 Å². The van der Waals surface area contributed by atoms with E-state index in [1.165, 1.54) is 25.7 Å². The van der Waals surface area contributed by atoms with Crippen molar-refractivity contribution in [3.8, 4) is 0 Å². The lowest BCUT2D eigenvalue weighted by molar-refractivity contribution is -0.180. The fourth-order valence-electron chi connectivity index (χ4n) is 1.91. The van der Waals surface area contributed by atoms with Gasteiger partial charge in [0.25, 0.3) is 0 Å². The van der Waals surface area contributed by atoms with Crippen LogP contribution in [-0.2, 0) is 9.47 Å². The van der Waals surface area contributed by atoms with E-state index in [4.69, 9.17) is 9.47 Å². The van der Waals surface area contributed by atoms with Gasteiger partial charge in [0.1, 0.15) is 0 Å². The summed E-state index contributed by atoms with van der Waals surface area (Å²) in [4.78, 5) is 0. The lowest BCUT2D eigenvalue weighted by atomic mass is 10.1. The van der Waals surface area contributed by atoms with Gasteiger partial charge in [-0.15, -0.1) is 0 Å². The molecule has 2 aliphatic rings. The Morgan fingerprint density at radius 2 is 2.15 bits per heavy atom. The summed E-state index contributed by atoms with van der Waals surface area (Å²) in [6.07, 6.45) is 11.9. The average molecular weight is 182 g/mol. The highest BCUT2D eigenvalue weighted by Crippen LogP contribution is 2.20. The number of ether oxygens (including phenoxy) is 2. The molecule has 0 aromatic carbocycles. The van der Waals surface area contributed by atoms with Gasteiger partial charge < -0.3 is 9.47 Å². The number of rotatable bonds is 2. The molecule has 0 aromatic rings. The highest BCUT2D eigenvalue weighted by atomic mass is 16.7. The highest BCUT2D eigenvalue weighted by molar-refractivity contribution is 4.94. The fraction of sp³-hybridized carbons (Fsp3) is 0.818. The van der Waals surface area contributed by atoms with Crippen molar-refractivity contribution in [2.45, 2.75) is 50.9 Å². The molecule has 1 aliphatic carbocycles. The van der Waals surface area contributed by atoms with Crippen molar-refractivity contribution in [2.24, 2.45) is 0 Å². The van der Waals surface area contributed by atoms with Gasteiger partial charge in [-0.1, -0.05) is 12.2 Å². The second kappa shape index (κ2) is 4.77. The van der Waals surface area contributed by atoms with E-state index in [1.54, 1.807) is 0 Å². The first-order valence-corrected chi connectivity index (χ1v) is 5.39. The molecule has 1 aliphatic heterocycles. The van der Waals surface area contributed by atoms with Gasteiger partial charge in [0.2, 0.25) is 0 Å². The van der Waals surface area contributed by atoms with E-state index in [-0.39, 0.29) is 6.29 Å². The molecular formula is C11H18O2. The fourth-order valence-corrected chi connectivity index (χ4v) is 1.91. The highest BCUT2D eigenvalue weighted by Gasteiger charge is 2.18. The predicted molar refractivity (Wildman–Crippen MR) is 51.5 cm³/mol. The molecule has 1 saturated heterocycles. The molecule has 2 heteroatoms. The van der Waals surface area contributed by atoms with Crippen molar-refractivity contribution in [3.63, 3.8) is 0 Å². The van der Waals surface area contributed by atoms with Crippen LogP contribution in [0.5, 0.6) is 0 Å². The van der Waals surface area contributed by atoms with Gasteiger partial charge in [-0.25, -0.2) is 0 Å². The first kappa shape index (κ1) is 9.22. The Labute approximate surface area is 79.9 Å². The molecule has 1 fully saturated rings. The third-order valence-corrected chi connectivity index (χ3v) is 2.67. The molecule has 0 bridgehead atoms. The van der Waals surface area contributed by atoms with Crippen LogP contribution in [0.15, 0.2) is 12.2 Å². The van der Waals surface area contributed by atoms with Gasteiger partial charge in [0.15, 0.2) is 6.29 Å². The van der Waals surface area contributed by atoms with E-state index in [1.807, 2.05) is 0 Å². The molecule has 0 aromatic heterocycles. The zero-order valence-corrected chi connectivity index (χ0v) is 8.08. The Balaban J connectivity index is 1.75. The van der Waals surface area contributed by atoms with Crippen molar-refractivity contribution < 1.29 is 9.47 Å². The van der Waals surface area contributed by atoms with Crippen LogP contribution in [0.25, 0.3) is 0 Å².